The molecule has 1 saturated carbocycles. The van der Waals surface area contributed by atoms with Crippen LogP contribution in [-0.2, 0) is 4.79 Å². The average molecular weight is 430 g/mol. The van der Waals surface area contributed by atoms with E-state index in [4.69, 9.17) is 9.47 Å². The topological polar surface area (TPSA) is 106 Å². The van der Waals surface area contributed by atoms with E-state index >= 15 is 0 Å². The Hall–Kier alpha value is -4.12. The number of nitrogens with one attached hydrogen (secondary N) is 1. The van der Waals surface area contributed by atoms with Gasteiger partial charge in [0.25, 0.3) is 11.5 Å². The van der Waals surface area contributed by atoms with Crippen molar-refractivity contribution < 1.29 is 14.3 Å². The number of carbonyl (C=O) groups excluding carboxylic acids is 1. The first-order chi connectivity index (χ1) is 15.6. The number of nitrogens with zero attached hydrogens (tertiary/aromatic N) is 3. The zero-order valence-electron chi connectivity index (χ0n) is 17.6. The summed E-state index contributed by atoms with van der Waals surface area (Å²) in [6.07, 6.45) is 6.66. The van der Waals surface area contributed by atoms with Crippen molar-refractivity contribution in [1.82, 2.24) is 14.7 Å². The highest BCUT2D eigenvalue weighted by molar-refractivity contribution is 6.02. The van der Waals surface area contributed by atoms with E-state index in [1.807, 2.05) is 6.07 Å². The predicted molar refractivity (Wildman–Crippen MR) is 119 cm³/mol. The van der Waals surface area contributed by atoms with Crippen molar-refractivity contribution in [2.24, 2.45) is 0 Å². The van der Waals surface area contributed by atoms with Crippen LogP contribution in [0.5, 0.6) is 17.4 Å². The number of hydrogen-bond acceptors (Lipinski definition) is 6. The molecule has 8 heteroatoms. The molecule has 2 heterocycles. The predicted octanol–water partition coefficient (Wildman–Crippen LogP) is 3.46. The summed E-state index contributed by atoms with van der Waals surface area (Å²) in [6, 6.07) is 14.0. The molecule has 0 unspecified atom stereocenters. The van der Waals surface area contributed by atoms with Gasteiger partial charge < -0.3 is 14.8 Å². The molecule has 4 rings (SSSR count). The second-order valence-electron chi connectivity index (χ2n) is 7.44. The van der Waals surface area contributed by atoms with Crippen LogP contribution in [0.4, 0.5) is 0 Å². The summed E-state index contributed by atoms with van der Waals surface area (Å²) in [5.41, 5.74) is -0.273. The van der Waals surface area contributed by atoms with Gasteiger partial charge in [0.2, 0.25) is 5.88 Å². The minimum absolute atomic E-state index is 0.00210. The number of pyridine rings is 1. The summed E-state index contributed by atoms with van der Waals surface area (Å²) in [5, 5.41) is 12.5. The average Bonchev–Trinajstić information content (AvgIpc) is 3.32. The molecular weight excluding hydrogens is 408 g/mol. The Morgan fingerprint density at radius 2 is 1.91 bits per heavy atom. The second kappa shape index (κ2) is 9.35. The minimum atomic E-state index is -0.514. The quantitative estimate of drug-likeness (QED) is 0.474. The number of benzene rings is 1. The molecule has 1 amide bonds. The molecule has 1 aliphatic carbocycles. The molecule has 1 fully saturated rings. The fourth-order valence-corrected chi connectivity index (χ4v) is 3.72. The van der Waals surface area contributed by atoms with Crippen molar-refractivity contribution in [3.05, 3.63) is 70.2 Å². The lowest BCUT2D eigenvalue weighted by Gasteiger charge is -2.13. The molecule has 8 nitrogen and oxygen atoms in total. The summed E-state index contributed by atoms with van der Waals surface area (Å²) in [6.45, 7) is 0. The summed E-state index contributed by atoms with van der Waals surface area (Å²) in [5.74, 6) is 0.273. The molecule has 3 aromatic rings. The summed E-state index contributed by atoms with van der Waals surface area (Å²) in [4.78, 5) is 30.4. The Morgan fingerprint density at radius 3 is 2.62 bits per heavy atom. The third-order valence-corrected chi connectivity index (χ3v) is 5.35. The molecule has 0 bridgehead atoms. The van der Waals surface area contributed by atoms with Gasteiger partial charge in [0.1, 0.15) is 22.9 Å². The lowest BCUT2D eigenvalue weighted by atomic mass is 10.1. The first kappa shape index (κ1) is 21.1. The van der Waals surface area contributed by atoms with Gasteiger partial charge >= 0.3 is 0 Å². The first-order valence-corrected chi connectivity index (χ1v) is 10.4. The SMILES string of the molecule is COc1ccccc1Oc1nc2ccccn2c(=O)c1/C=C(\C#N)C(=O)NC1CCCC1. The standard InChI is InChI=1S/C24H22N4O4/c1-31-19-10-4-5-11-20(19)32-23-18(24(30)28-13-7-6-12-21(28)27-23)14-16(15-25)22(29)26-17-8-2-3-9-17/h4-7,10-14,17H,2-3,8-9H2,1H3,(H,26,29)/b16-14+. The molecule has 0 aliphatic heterocycles. The Kier molecular flexibility index (Phi) is 6.17. The van der Waals surface area contributed by atoms with E-state index in [1.54, 1.807) is 48.7 Å². The van der Waals surface area contributed by atoms with Crippen LogP contribution in [0.1, 0.15) is 31.2 Å². The van der Waals surface area contributed by atoms with Crippen molar-refractivity contribution in [1.29, 1.82) is 5.26 Å². The molecule has 162 valence electrons. The van der Waals surface area contributed by atoms with Crippen molar-refractivity contribution in [3.8, 4) is 23.4 Å². The van der Waals surface area contributed by atoms with E-state index in [-0.39, 0.29) is 23.1 Å². The summed E-state index contributed by atoms with van der Waals surface area (Å²) < 4.78 is 12.6. The van der Waals surface area contributed by atoms with Gasteiger partial charge in [0, 0.05) is 12.2 Å². The first-order valence-electron chi connectivity index (χ1n) is 10.4. The zero-order valence-corrected chi connectivity index (χ0v) is 17.6. The second-order valence-corrected chi connectivity index (χ2v) is 7.44. The molecule has 1 aliphatic rings. The van der Waals surface area contributed by atoms with Crippen LogP contribution in [0.3, 0.4) is 0 Å². The van der Waals surface area contributed by atoms with Crippen LogP contribution in [0.15, 0.2) is 59.0 Å². The van der Waals surface area contributed by atoms with Crippen molar-refractivity contribution in [3.63, 3.8) is 0 Å². The van der Waals surface area contributed by atoms with Crippen molar-refractivity contribution >= 4 is 17.6 Å². The fourth-order valence-electron chi connectivity index (χ4n) is 3.72. The van der Waals surface area contributed by atoms with Gasteiger partial charge in [-0.25, -0.2) is 0 Å². The van der Waals surface area contributed by atoms with Crippen LogP contribution in [0.25, 0.3) is 11.7 Å². The largest absolute Gasteiger partial charge is 0.493 e. The normalized spacial score (nSPS) is 14.2. The molecule has 0 spiro atoms. The Labute approximate surface area is 184 Å². The lowest BCUT2D eigenvalue weighted by molar-refractivity contribution is -0.117. The van der Waals surface area contributed by atoms with Gasteiger partial charge in [0.05, 0.1) is 7.11 Å². The molecule has 32 heavy (non-hydrogen) atoms. The monoisotopic (exact) mass is 430 g/mol. The molecule has 1 aromatic carbocycles. The number of rotatable bonds is 6. The van der Waals surface area contributed by atoms with Gasteiger partial charge in [-0.3, -0.25) is 14.0 Å². The van der Waals surface area contributed by atoms with Crippen molar-refractivity contribution in [2.75, 3.05) is 7.11 Å². The number of para-hydroxylation sites is 2. The highest BCUT2D eigenvalue weighted by Gasteiger charge is 2.21. The number of fused-ring (bicyclic) bond motifs is 1. The van der Waals surface area contributed by atoms with Crippen LogP contribution in [0.2, 0.25) is 0 Å². The number of aromatic nitrogens is 2. The van der Waals surface area contributed by atoms with Gasteiger partial charge in [-0.2, -0.15) is 10.2 Å². The summed E-state index contributed by atoms with van der Waals surface area (Å²) in [7, 11) is 1.51. The van der Waals surface area contributed by atoms with E-state index < -0.39 is 11.5 Å². The zero-order chi connectivity index (χ0) is 22.5. The highest BCUT2D eigenvalue weighted by Crippen LogP contribution is 2.31. The fraction of sp³-hybridized carbons (Fsp3) is 0.250. The molecule has 2 aromatic heterocycles. The third kappa shape index (κ3) is 4.32. The maximum absolute atomic E-state index is 13.2. The van der Waals surface area contributed by atoms with E-state index in [2.05, 4.69) is 10.3 Å². The van der Waals surface area contributed by atoms with Gasteiger partial charge in [-0.1, -0.05) is 31.0 Å². The lowest BCUT2D eigenvalue weighted by Crippen LogP contribution is -2.33. The van der Waals surface area contributed by atoms with Crippen LogP contribution in [-0.4, -0.2) is 28.4 Å². The number of ether oxygens (including phenoxy) is 2. The Bertz CT molecular complexity index is 1280. The molecule has 0 radical (unpaired) electrons. The van der Waals surface area contributed by atoms with E-state index in [9.17, 15) is 14.9 Å². The number of methoxy groups -OCH3 is 1. The van der Waals surface area contributed by atoms with Gasteiger partial charge in [-0.05, 0) is 43.2 Å². The van der Waals surface area contributed by atoms with Crippen LogP contribution < -0.4 is 20.3 Å². The number of carbonyl (C=O) groups is 1. The van der Waals surface area contributed by atoms with E-state index in [1.165, 1.54) is 17.6 Å². The van der Waals surface area contributed by atoms with Crippen LogP contribution >= 0.6 is 0 Å². The van der Waals surface area contributed by atoms with Gasteiger partial charge in [-0.15, -0.1) is 0 Å². The van der Waals surface area contributed by atoms with Gasteiger partial charge in [0.15, 0.2) is 11.5 Å². The summed E-state index contributed by atoms with van der Waals surface area (Å²) >= 11 is 0. The molecule has 0 atom stereocenters. The maximum Gasteiger partial charge on any atom is 0.269 e. The molecular formula is C24H22N4O4. The Balaban J connectivity index is 1.81. The van der Waals surface area contributed by atoms with Crippen LogP contribution in [0, 0.1) is 11.3 Å². The minimum Gasteiger partial charge on any atom is -0.493 e. The highest BCUT2D eigenvalue weighted by atomic mass is 16.5. The molecule has 1 N–H and O–H groups in total. The van der Waals surface area contributed by atoms with Crippen molar-refractivity contribution in [2.45, 2.75) is 31.7 Å². The number of amides is 1. The smallest absolute Gasteiger partial charge is 0.269 e. The maximum atomic E-state index is 13.2. The number of nitriles is 1. The Morgan fingerprint density at radius 1 is 1.19 bits per heavy atom. The third-order valence-electron chi connectivity index (χ3n) is 5.35. The van der Waals surface area contributed by atoms with E-state index in [0.717, 1.165) is 25.7 Å². The number of hydrogen-bond donors (Lipinski definition) is 1. The molecule has 0 saturated heterocycles. The van der Waals surface area contributed by atoms with E-state index in [0.29, 0.717) is 17.1 Å².